The Bertz CT molecular complexity index is 769. The van der Waals surface area contributed by atoms with Crippen LogP contribution in [0, 0.1) is 0 Å². The number of aliphatic hydroxyl groups is 1. The summed E-state index contributed by atoms with van der Waals surface area (Å²) in [5.74, 6) is 0. The molecule has 4 heteroatoms. The standard InChI is InChI=1S/C22H27NO3/c1-22(2,3)15-9-10-18-17(11-15)20-21(25-13-16(12-24)26-20)19(23-18)14-7-5-4-6-8-14/h4-11,16,19-21,23-24H,12-13H2,1-3H3. The molecule has 0 amide bonds. The summed E-state index contributed by atoms with van der Waals surface area (Å²) in [5, 5.41) is 13.2. The summed E-state index contributed by atoms with van der Waals surface area (Å²) >= 11 is 0. The second kappa shape index (κ2) is 6.69. The number of ether oxygens (including phenoxy) is 2. The third-order valence-corrected chi connectivity index (χ3v) is 5.34. The molecule has 0 saturated carbocycles. The summed E-state index contributed by atoms with van der Waals surface area (Å²) < 4.78 is 12.5. The largest absolute Gasteiger partial charge is 0.394 e. The van der Waals surface area contributed by atoms with Gasteiger partial charge in [0, 0.05) is 11.3 Å². The maximum atomic E-state index is 9.58. The van der Waals surface area contributed by atoms with Crippen molar-refractivity contribution in [1.82, 2.24) is 0 Å². The highest BCUT2D eigenvalue weighted by molar-refractivity contribution is 5.59. The summed E-state index contributed by atoms with van der Waals surface area (Å²) in [7, 11) is 0. The Hall–Kier alpha value is -1.88. The number of benzene rings is 2. The molecule has 2 aromatic rings. The third kappa shape index (κ3) is 3.13. The molecule has 4 atom stereocenters. The molecule has 0 bridgehead atoms. The van der Waals surface area contributed by atoms with Crippen molar-refractivity contribution in [2.45, 2.75) is 50.5 Å². The van der Waals surface area contributed by atoms with Crippen molar-refractivity contribution < 1.29 is 14.6 Å². The van der Waals surface area contributed by atoms with Gasteiger partial charge in [-0.2, -0.15) is 0 Å². The third-order valence-electron chi connectivity index (χ3n) is 5.34. The maximum absolute atomic E-state index is 9.58. The summed E-state index contributed by atoms with van der Waals surface area (Å²) in [6.07, 6.45) is -0.593. The van der Waals surface area contributed by atoms with Crippen LogP contribution in [0.1, 0.15) is 49.6 Å². The highest BCUT2D eigenvalue weighted by Crippen LogP contribution is 2.46. The van der Waals surface area contributed by atoms with Crippen LogP contribution in [0.2, 0.25) is 0 Å². The van der Waals surface area contributed by atoms with Crippen molar-refractivity contribution in [3.05, 3.63) is 65.2 Å². The molecule has 2 heterocycles. The van der Waals surface area contributed by atoms with E-state index in [1.165, 1.54) is 11.1 Å². The van der Waals surface area contributed by atoms with Crippen LogP contribution in [0.15, 0.2) is 48.5 Å². The van der Waals surface area contributed by atoms with Crippen LogP contribution in [0.5, 0.6) is 0 Å². The van der Waals surface area contributed by atoms with Crippen LogP contribution >= 0.6 is 0 Å². The van der Waals surface area contributed by atoms with Gasteiger partial charge in [0.2, 0.25) is 0 Å². The fourth-order valence-corrected chi connectivity index (χ4v) is 3.83. The van der Waals surface area contributed by atoms with E-state index in [4.69, 9.17) is 9.47 Å². The molecule has 1 fully saturated rings. The molecule has 26 heavy (non-hydrogen) atoms. The lowest BCUT2D eigenvalue weighted by Gasteiger charge is -2.45. The smallest absolute Gasteiger partial charge is 0.114 e. The van der Waals surface area contributed by atoms with Gasteiger partial charge < -0.3 is 19.9 Å². The normalized spacial score (nSPS) is 28.0. The van der Waals surface area contributed by atoms with Gasteiger partial charge >= 0.3 is 0 Å². The van der Waals surface area contributed by atoms with Crippen LogP contribution in [-0.2, 0) is 14.9 Å². The first-order chi connectivity index (χ1) is 12.5. The number of aliphatic hydroxyl groups excluding tert-OH is 1. The molecule has 0 radical (unpaired) electrons. The lowest BCUT2D eigenvalue weighted by atomic mass is 9.81. The number of anilines is 1. The Labute approximate surface area is 155 Å². The van der Waals surface area contributed by atoms with Crippen molar-refractivity contribution in [3.63, 3.8) is 0 Å². The average molecular weight is 353 g/mol. The van der Waals surface area contributed by atoms with Gasteiger partial charge in [0.1, 0.15) is 18.3 Å². The number of rotatable bonds is 2. The predicted octanol–water partition coefficient (Wildman–Crippen LogP) is 3.97. The lowest BCUT2D eigenvalue weighted by molar-refractivity contribution is -0.199. The first kappa shape index (κ1) is 17.5. The monoisotopic (exact) mass is 353 g/mol. The van der Waals surface area contributed by atoms with Crippen LogP contribution in [-0.4, -0.2) is 30.5 Å². The van der Waals surface area contributed by atoms with Crippen molar-refractivity contribution >= 4 is 5.69 Å². The molecule has 2 N–H and O–H groups in total. The Morgan fingerprint density at radius 1 is 1.12 bits per heavy atom. The summed E-state index contributed by atoms with van der Waals surface area (Å²) in [6.45, 7) is 7.02. The molecule has 4 rings (SSSR count). The second-order valence-corrected chi connectivity index (χ2v) is 8.24. The van der Waals surface area contributed by atoms with E-state index in [0.717, 1.165) is 11.3 Å². The van der Waals surface area contributed by atoms with Gasteiger partial charge in [-0.05, 0) is 22.6 Å². The molecule has 0 spiro atoms. The summed E-state index contributed by atoms with van der Waals surface area (Å²) in [5.41, 5.74) is 4.71. The zero-order valence-electron chi connectivity index (χ0n) is 15.6. The molecule has 4 unspecified atom stereocenters. The van der Waals surface area contributed by atoms with Gasteiger partial charge in [-0.25, -0.2) is 0 Å². The second-order valence-electron chi connectivity index (χ2n) is 8.24. The van der Waals surface area contributed by atoms with E-state index in [9.17, 15) is 5.11 Å². The van der Waals surface area contributed by atoms with E-state index in [0.29, 0.717) is 6.61 Å². The molecule has 2 aliphatic heterocycles. The topological polar surface area (TPSA) is 50.7 Å². The van der Waals surface area contributed by atoms with Gasteiger partial charge in [-0.1, -0.05) is 63.2 Å². The number of hydrogen-bond acceptors (Lipinski definition) is 4. The molecule has 1 saturated heterocycles. The van der Waals surface area contributed by atoms with E-state index in [2.05, 4.69) is 56.4 Å². The Morgan fingerprint density at radius 2 is 1.88 bits per heavy atom. The lowest BCUT2D eigenvalue weighted by Crippen LogP contribution is -2.47. The summed E-state index contributed by atoms with van der Waals surface area (Å²) in [6, 6.07) is 16.9. The van der Waals surface area contributed by atoms with Gasteiger partial charge in [-0.3, -0.25) is 0 Å². The van der Waals surface area contributed by atoms with Gasteiger partial charge in [0.05, 0.1) is 19.3 Å². The molecule has 0 aliphatic carbocycles. The van der Waals surface area contributed by atoms with Crippen molar-refractivity contribution in [3.8, 4) is 0 Å². The van der Waals surface area contributed by atoms with Crippen LogP contribution in [0.4, 0.5) is 5.69 Å². The zero-order valence-corrected chi connectivity index (χ0v) is 15.6. The van der Waals surface area contributed by atoms with E-state index in [1.54, 1.807) is 0 Å². The van der Waals surface area contributed by atoms with Gasteiger partial charge in [0.25, 0.3) is 0 Å². The molecule has 4 nitrogen and oxygen atoms in total. The first-order valence-electron chi connectivity index (χ1n) is 9.31. The minimum Gasteiger partial charge on any atom is -0.394 e. The molecule has 0 aromatic heterocycles. The molecule has 2 aromatic carbocycles. The Balaban J connectivity index is 1.77. The van der Waals surface area contributed by atoms with Crippen molar-refractivity contribution in [1.29, 1.82) is 0 Å². The molecular weight excluding hydrogens is 326 g/mol. The maximum Gasteiger partial charge on any atom is 0.114 e. The summed E-state index contributed by atoms with van der Waals surface area (Å²) in [4.78, 5) is 0. The minimum atomic E-state index is -0.281. The number of hydrogen-bond donors (Lipinski definition) is 2. The highest BCUT2D eigenvalue weighted by Gasteiger charge is 2.43. The van der Waals surface area contributed by atoms with E-state index in [-0.39, 0.29) is 36.4 Å². The van der Waals surface area contributed by atoms with Crippen LogP contribution in [0.25, 0.3) is 0 Å². The van der Waals surface area contributed by atoms with Crippen molar-refractivity contribution in [2.24, 2.45) is 0 Å². The number of nitrogens with one attached hydrogen (secondary N) is 1. The molecule has 138 valence electrons. The van der Waals surface area contributed by atoms with E-state index >= 15 is 0 Å². The zero-order chi connectivity index (χ0) is 18.3. The Morgan fingerprint density at radius 3 is 2.58 bits per heavy atom. The van der Waals surface area contributed by atoms with Crippen molar-refractivity contribution in [2.75, 3.05) is 18.5 Å². The van der Waals surface area contributed by atoms with E-state index in [1.807, 2.05) is 18.2 Å². The fourth-order valence-electron chi connectivity index (χ4n) is 3.83. The fraction of sp³-hybridized carbons (Fsp3) is 0.455. The minimum absolute atomic E-state index is 0.0221. The van der Waals surface area contributed by atoms with Gasteiger partial charge in [0.15, 0.2) is 0 Å². The van der Waals surface area contributed by atoms with E-state index < -0.39 is 0 Å². The average Bonchev–Trinajstić information content (AvgIpc) is 2.66. The van der Waals surface area contributed by atoms with Crippen LogP contribution in [0.3, 0.4) is 0 Å². The highest BCUT2D eigenvalue weighted by atomic mass is 16.6. The molecule has 2 aliphatic rings. The number of fused-ring (bicyclic) bond motifs is 3. The molecular formula is C22H27NO3. The first-order valence-corrected chi connectivity index (χ1v) is 9.31. The predicted molar refractivity (Wildman–Crippen MR) is 102 cm³/mol. The SMILES string of the molecule is CC(C)(C)c1ccc2c(c1)C1OC(CO)COC1C(c1ccccc1)N2. The van der Waals surface area contributed by atoms with Gasteiger partial charge in [-0.15, -0.1) is 0 Å². The Kier molecular flexibility index (Phi) is 4.51. The van der Waals surface area contributed by atoms with Crippen LogP contribution < -0.4 is 5.32 Å². The quantitative estimate of drug-likeness (QED) is 0.858.